The van der Waals surface area contributed by atoms with Gasteiger partial charge in [0.25, 0.3) is 0 Å². The third kappa shape index (κ3) is 4.55. The smallest absolute Gasteiger partial charge is 0.127 e. The number of benzene rings is 1. The molecule has 1 aliphatic heterocycles. The number of piperidine rings is 1. The van der Waals surface area contributed by atoms with E-state index in [9.17, 15) is 4.39 Å². The first kappa shape index (κ1) is 14.9. The average Bonchev–Trinajstić information content (AvgIpc) is 2.40. The van der Waals surface area contributed by atoms with Crippen molar-refractivity contribution >= 4 is 15.9 Å². The quantitative estimate of drug-likeness (QED) is 0.831. The molecular formula is C15H22BrFN2. The van der Waals surface area contributed by atoms with E-state index in [0.29, 0.717) is 12.6 Å². The van der Waals surface area contributed by atoms with Gasteiger partial charge in [-0.1, -0.05) is 22.4 Å². The predicted octanol–water partition coefficient (Wildman–Crippen LogP) is 3.55. The molecule has 0 saturated carbocycles. The van der Waals surface area contributed by atoms with Crippen molar-refractivity contribution in [1.82, 2.24) is 10.2 Å². The van der Waals surface area contributed by atoms with Crippen LogP contribution in [0.3, 0.4) is 0 Å². The summed E-state index contributed by atoms with van der Waals surface area (Å²) in [5, 5.41) is 3.35. The normalized spacial score (nSPS) is 20.7. The highest BCUT2D eigenvalue weighted by Gasteiger charge is 2.17. The fourth-order valence-electron chi connectivity index (χ4n) is 2.68. The zero-order valence-corrected chi connectivity index (χ0v) is 13.0. The van der Waals surface area contributed by atoms with E-state index >= 15 is 0 Å². The molecule has 0 radical (unpaired) electrons. The Morgan fingerprint density at radius 1 is 1.42 bits per heavy atom. The Kier molecular flexibility index (Phi) is 5.79. The molecule has 2 rings (SSSR count). The van der Waals surface area contributed by atoms with Gasteiger partial charge in [0.1, 0.15) is 5.82 Å². The van der Waals surface area contributed by atoms with Crippen LogP contribution in [0, 0.1) is 5.82 Å². The molecule has 1 heterocycles. The summed E-state index contributed by atoms with van der Waals surface area (Å²) in [7, 11) is 2.21. The molecule has 4 heteroatoms. The van der Waals surface area contributed by atoms with E-state index < -0.39 is 0 Å². The second kappa shape index (κ2) is 7.36. The van der Waals surface area contributed by atoms with Crippen molar-refractivity contribution in [3.8, 4) is 0 Å². The minimum absolute atomic E-state index is 0.134. The Bertz CT molecular complexity index is 411. The van der Waals surface area contributed by atoms with E-state index in [4.69, 9.17) is 0 Å². The maximum absolute atomic E-state index is 13.5. The van der Waals surface area contributed by atoms with Crippen LogP contribution in [0.2, 0.25) is 0 Å². The monoisotopic (exact) mass is 328 g/mol. The van der Waals surface area contributed by atoms with Gasteiger partial charge < -0.3 is 10.2 Å². The van der Waals surface area contributed by atoms with Crippen LogP contribution in [-0.2, 0) is 6.54 Å². The first-order valence-corrected chi connectivity index (χ1v) is 7.81. The largest absolute Gasteiger partial charge is 0.313 e. The van der Waals surface area contributed by atoms with Crippen molar-refractivity contribution in [2.24, 2.45) is 0 Å². The van der Waals surface area contributed by atoms with Crippen molar-refractivity contribution in [2.45, 2.75) is 38.3 Å². The Balaban J connectivity index is 1.73. The Morgan fingerprint density at radius 2 is 2.26 bits per heavy atom. The molecule has 1 atom stereocenters. The van der Waals surface area contributed by atoms with Crippen LogP contribution in [0.1, 0.15) is 31.2 Å². The van der Waals surface area contributed by atoms with Gasteiger partial charge in [-0.3, -0.25) is 0 Å². The van der Waals surface area contributed by atoms with Crippen molar-refractivity contribution < 1.29 is 4.39 Å². The molecule has 1 unspecified atom stereocenters. The summed E-state index contributed by atoms with van der Waals surface area (Å²) in [6, 6.07) is 5.77. The molecule has 1 N–H and O–H groups in total. The molecular weight excluding hydrogens is 307 g/mol. The summed E-state index contributed by atoms with van der Waals surface area (Å²) in [6.45, 7) is 2.76. The lowest BCUT2D eigenvalue weighted by Crippen LogP contribution is -2.38. The zero-order valence-electron chi connectivity index (χ0n) is 11.5. The van der Waals surface area contributed by atoms with Crippen molar-refractivity contribution in [1.29, 1.82) is 0 Å². The highest BCUT2D eigenvalue weighted by molar-refractivity contribution is 9.10. The van der Waals surface area contributed by atoms with E-state index in [2.05, 4.69) is 33.2 Å². The fraction of sp³-hybridized carbons (Fsp3) is 0.600. The molecule has 1 saturated heterocycles. The molecule has 106 valence electrons. The molecule has 0 bridgehead atoms. The standard InChI is InChI=1S/C15H22BrFN2/c1-19-9-3-2-4-14(19)7-8-18-11-12-10-13(16)5-6-15(12)17/h5-6,10,14,18H,2-4,7-9,11H2,1H3. The highest BCUT2D eigenvalue weighted by Crippen LogP contribution is 2.18. The summed E-state index contributed by atoms with van der Waals surface area (Å²) in [6.07, 6.45) is 5.11. The van der Waals surface area contributed by atoms with Crippen LogP contribution in [0.4, 0.5) is 4.39 Å². The SMILES string of the molecule is CN1CCCCC1CCNCc1cc(Br)ccc1F. The van der Waals surface area contributed by atoms with Gasteiger partial charge in [-0.25, -0.2) is 4.39 Å². The number of nitrogens with one attached hydrogen (secondary N) is 1. The van der Waals surface area contributed by atoms with Crippen LogP contribution in [0.5, 0.6) is 0 Å². The lowest BCUT2D eigenvalue weighted by atomic mass is 10.0. The van der Waals surface area contributed by atoms with E-state index in [1.54, 1.807) is 6.07 Å². The number of halogens is 2. The lowest BCUT2D eigenvalue weighted by Gasteiger charge is -2.32. The number of rotatable bonds is 5. The Labute approximate surface area is 123 Å². The second-order valence-corrected chi connectivity index (χ2v) is 6.25. The Hall–Kier alpha value is -0.450. The van der Waals surface area contributed by atoms with Gasteiger partial charge in [0, 0.05) is 22.6 Å². The van der Waals surface area contributed by atoms with Gasteiger partial charge >= 0.3 is 0 Å². The number of nitrogens with zero attached hydrogens (tertiary/aromatic N) is 1. The fourth-order valence-corrected chi connectivity index (χ4v) is 3.09. The lowest BCUT2D eigenvalue weighted by molar-refractivity contribution is 0.175. The minimum Gasteiger partial charge on any atom is -0.313 e. The molecule has 1 fully saturated rings. The molecule has 0 aromatic heterocycles. The number of hydrogen-bond donors (Lipinski definition) is 1. The van der Waals surface area contributed by atoms with E-state index in [1.165, 1.54) is 31.9 Å². The van der Waals surface area contributed by atoms with Crippen molar-refractivity contribution in [3.63, 3.8) is 0 Å². The van der Waals surface area contributed by atoms with Crippen molar-refractivity contribution in [3.05, 3.63) is 34.1 Å². The van der Waals surface area contributed by atoms with Crippen LogP contribution >= 0.6 is 15.9 Å². The molecule has 1 aromatic carbocycles. The second-order valence-electron chi connectivity index (χ2n) is 5.33. The van der Waals surface area contributed by atoms with Gasteiger partial charge in [-0.15, -0.1) is 0 Å². The molecule has 0 spiro atoms. The summed E-state index contributed by atoms with van der Waals surface area (Å²) in [5.74, 6) is -0.134. The predicted molar refractivity (Wildman–Crippen MR) is 80.7 cm³/mol. The number of hydrogen-bond acceptors (Lipinski definition) is 2. The highest BCUT2D eigenvalue weighted by atomic mass is 79.9. The van der Waals surface area contributed by atoms with E-state index in [0.717, 1.165) is 23.0 Å². The average molecular weight is 329 g/mol. The van der Waals surface area contributed by atoms with Crippen LogP contribution in [0.15, 0.2) is 22.7 Å². The maximum atomic E-state index is 13.5. The topological polar surface area (TPSA) is 15.3 Å². The first-order valence-electron chi connectivity index (χ1n) is 7.01. The molecule has 1 aromatic rings. The van der Waals surface area contributed by atoms with Crippen molar-refractivity contribution in [2.75, 3.05) is 20.1 Å². The summed E-state index contributed by atoms with van der Waals surface area (Å²) < 4.78 is 14.5. The first-order chi connectivity index (χ1) is 9.16. The molecule has 19 heavy (non-hydrogen) atoms. The van der Waals surface area contributed by atoms with Gasteiger partial charge in [-0.2, -0.15) is 0 Å². The van der Waals surface area contributed by atoms with E-state index in [1.807, 2.05) is 6.07 Å². The summed E-state index contributed by atoms with van der Waals surface area (Å²) in [4.78, 5) is 2.45. The summed E-state index contributed by atoms with van der Waals surface area (Å²) >= 11 is 3.37. The maximum Gasteiger partial charge on any atom is 0.127 e. The molecule has 2 nitrogen and oxygen atoms in total. The number of likely N-dealkylation sites (tertiary alicyclic amines) is 1. The van der Waals surface area contributed by atoms with Gasteiger partial charge in [0.2, 0.25) is 0 Å². The Morgan fingerprint density at radius 3 is 3.05 bits per heavy atom. The van der Waals surface area contributed by atoms with E-state index in [-0.39, 0.29) is 5.82 Å². The molecule has 0 amide bonds. The molecule has 0 aliphatic carbocycles. The third-order valence-electron chi connectivity index (χ3n) is 3.90. The zero-order chi connectivity index (χ0) is 13.7. The van der Waals surface area contributed by atoms with Gasteiger partial charge in [0.15, 0.2) is 0 Å². The third-order valence-corrected chi connectivity index (χ3v) is 4.39. The minimum atomic E-state index is -0.134. The molecule has 1 aliphatic rings. The summed E-state index contributed by atoms with van der Waals surface area (Å²) in [5.41, 5.74) is 0.728. The van der Waals surface area contributed by atoms with Crippen LogP contribution < -0.4 is 5.32 Å². The van der Waals surface area contributed by atoms with Gasteiger partial charge in [-0.05, 0) is 57.6 Å². The van der Waals surface area contributed by atoms with Gasteiger partial charge in [0.05, 0.1) is 0 Å². The van der Waals surface area contributed by atoms with Crippen LogP contribution in [-0.4, -0.2) is 31.1 Å². The van der Waals surface area contributed by atoms with Crippen LogP contribution in [0.25, 0.3) is 0 Å².